The number of amides is 1. The summed E-state index contributed by atoms with van der Waals surface area (Å²) in [4.78, 5) is 33.5. The molecule has 0 bridgehead atoms. The first-order valence-electron chi connectivity index (χ1n) is 8.77. The first kappa shape index (κ1) is 18.0. The zero-order valence-electron chi connectivity index (χ0n) is 15.1. The number of anilines is 1. The van der Waals surface area contributed by atoms with E-state index in [0.717, 1.165) is 44.7 Å². The van der Waals surface area contributed by atoms with Crippen LogP contribution in [0.15, 0.2) is 38.9 Å². The summed E-state index contributed by atoms with van der Waals surface area (Å²) < 4.78 is 1.00. The number of aromatic nitrogens is 2. The molecule has 27 heavy (non-hydrogen) atoms. The molecule has 0 fully saturated rings. The fourth-order valence-electron chi connectivity index (χ4n) is 3.28. The molecule has 2 heterocycles. The molecule has 0 saturated carbocycles. The number of carbonyl (C=O) groups excluding carboxylic acids is 2. The third kappa shape index (κ3) is 3.70. The molecule has 0 saturated heterocycles. The van der Waals surface area contributed by atoms with Gasteiger partial charge in [-0.1, -0.05) is 11.8 Å². The number of hydrogen-bond donors (Lipinski definition) is 2. The molecule has 1 aliphatic carbocycles. The number of H-pyrrole nitrogens is 1. The minimum absolute atomic E-state index is 0.128. The molecule has 1 aromatic carbocycles. The van der Waals surface area contributed by atoms with Crippen LogP contribution in [0.25, 0.3) is 0 Å². The summed E-state index contributed by atoms with van der Waals surface area (Å²) in [6, 6.07) is 7.69. The topological polar surface area (TPSA) is 74.8 Å². The van der Waals surface area contributed by atoms with Crippen LogP contribution >= 0.6 is 23.1 Å². The van der Waals surface area contributed by atoms with Gasteiger partial charge in [0.25, 0.3) is 5.91 Å². The number of Topliss-reactive ketones (excluding diaryl/α,β-unsaturated/α-hetero) is 1. The van der Waals surface area contributed by atoms with Crippen LogP contribution < -0.4 is 5.32 Å². The van der Waals surface area contributed by atoms with Gasteiger partial charge in [0.2, 0.25) is 0 Å². The Morgan fingerprint density at radius 2 is 2.00 bits per heavy atom. The van der Waals surface area contributed by atoms with Crippen LogP contribution in [0.3, 0.4) is 0 Å². The molecular weight excluding hydrogens is 378 g/mol. The predicted molar refractivity (Wildman–Crippen MR) is 108 cm³/mol. The van der Waals surface area contributed by atoms with E-state index in [-0.39, 0.29) is 11.7 Å². The van der Waals surface area contributed by atoms with Crippen LogP contribution in [-0.4, -0.2) is 21.7 Å². The Hall–Kier alpha value is -2.38. The van der Waals surface area contributed by atoms with E-state index in [2.05, 4.69) is 15.3 Å². The predicted octanol–water partition coefficient (Wildman–Crippen LogP) is 5.01. The zero-order valence-corrected chi connectivity index (χ0v) is 16.7. The van der Waals surface area contributed by atoms with E-state index in [1.807, 2.05) is 43.5 Å². The summed E-state index contributed by atoms with van der Waals surface area (Å²) in [5.74, 6) is -0.0893. The number of aryl methyl sites for hydroxylation is 2. The number of hydrogen-bond acceptors (Lipinski definition) is 5. The van der Waals surface area contributed by atoms with Gasteiger partial charge in [-0.05, 0) is 56.5 Å². The van der Waals surface area contributed by atoms with Gasteiger partial charge in [0.1, 0.15) is 5.69 Å². The Morgan fingerprint density at radius 3 is 2.67 bits per heavy atom. The van der Waals surface area contributed by atoms with Gasteiger partial charge in [-0.3, -0.25) is 9.59 Å². The van der Waals surface area contributed by atoms with Crippen LogP contribution in [-0.2, 0) is 6.42 Å². The lowest BCUT2D eigenvalue weighted by molar-refractivity contribution is 0.0971. The van der Waals surface area contributed by atoms with Crippen molar-refractivity contribution in [2.75, 3.05) is 5.32 Å². The van der Waals surface area contributed by atoms with Crippen LogP contribution in [0, 0.1) is 13.8 Å². The summed E-state index contributed by atoms with van der Waals surface area (Å²) in [7, 11) is 0. The van der Waals surface area contributed by atoms with Crippen molar-refractivity contribution in [1.82, 2.24) is 9.97 Å². The highest BCUT2D eigenvalue weighted by molar-refractivity contribution is 8.01. The number of ketones is 1. The number of benzene rings is 1. The molecule has 5 nitrogen and oxygen atoms in total. The number of aromatic amines is 1. The number of carbonyl (C=O) groups is 2. The second kappa shape index (κ2) is 7.32. The highest BCUT2D eigenvalue weighted by Crippen LogP contribution is 2.31. The first-order valence-corrected chi connectivity index (χ1v) is 10.5. The van der Waals surface area contributed by atoms with Gasteiger partial charge < -0.3 is 10.3 Å². The molecule has 4 rings (SSSR count). The van der Waals surface area contributed by atoms with Crippen molar-refractivity contribution in [3.63, 3.8) is 0 Å². The average Bonchev–Trinajstić information content (AvgIpc) is 3.20. The van der Waals surface area contributed by atoms with Gasteiger partial charge in [0, 0.05) is 39.3 Å². The smallest absolute Gasteiger partial charge is 0.272 e. The quantitative estimate of drug-likeness (QED) is 0.649. The van der Waals surface area contributed by atoms with Crippen molar-refractivity contribution in [2.24, 2.45) is 0 Å². The summed E-state index contributed by atoms with van der Waals surface area (Å²) in [5, 5.41) is 4.94. The molecule has 0 unspecified atom stereocenters. The van der Waals surface area contributed by atoms with Crippen LogP contribution in [0.2, 0.25) is 0 Å². The SMILES string of the molecule is Cc1csc(Sc2ccc(NC(=O)c3[nH]c4c(c3C)C(=O)CCC4)cc2)n1. The lowest BCUT2D eigenvalue weighted by atomic mass is 9.94. The molecule has 2 N–H and O–H groups in total. The van der Waals surface area contributed by atoms with Crippen LogP contribution in [0.4, 0.5) is 5.69 Å². The van der Waals surface area contributed by atoms with Gasteiger partial charge in [-0.25, -0.2) is 4.98 Å². The second-order valence-corrected chi connectivity index (χ2v) is 8.77. The van der Waals surface area contributed by atoms with Gasteiger partial charge in [-0.2, -0.15) is 0 Å². The Bertz CT molecular complexity index is 1020. The van der Waals surface area contributed by atoms with E-state index >= 15 is 0 Å². The Labute approximate surface area is 165 Å². The molecule has 1 aliphatic rings. The summed E-state index contributed by atoms with van der Waals surface area (Å²) in [6.07, 6.45) is 2.21. The second-order valence-electron chi connectivity index (χ2n) is 6.59. The fourth-order valence-corrected chi connectivity index (χ4v) is 5.09. The monoisotopic (exact) mass is 397 g/mol. The van der Waals surface area contributed by atoms with Crippen molar-refractivity contribution in [3.05, 3.63) is 57.9 Å². The Morgan fingerprint density at radius 1 is 1.22 bits per heavy atom. The molecule has 2 aromatic heterocycles. The molecule has 138 valence electrons. The normalized spacial score (nSPS) is 13.5. The Balaban J connectivity index is 1.48. The van der Waals surface area contributed by atoms with Crippen molar-refractivity contribution < 1.29 is 9.59 Å². The fraction of sp³-hybridized carbons (Fsp3) is 0.250. The number of fused-ring (bicyclic) bond motifs is 1. The maximum absolute atomic E-state index is 12.7. The molecule has 0 radical (unpaired) electrons. The van der Waals surface area contributed by atoms with Gasteiger partial charge in [0.15, 0.2) is 10.1 Å². The molecule has 1 amide bonds. The van der Waals surface area contributed by atoms with E-state index in [4.69, 9.17) is 0 Å². The molecule has 0 aliphatic heterocycles. The maximum Gasteiger partial charge on any atom is 0.272 e. The van der Waals surface area contributed by atoms with Gasteiger partial charge in [-0.15, -0.1) is 11.3 Å². The summed E-state index contributed by atoms with van der Waals surface area (Å²) >= 11 is 3.23. The molecule has 7 heteroatoms. The van der Waals surface area contributed by atoms with Crippen LogP contribution in [0.1, 0.15) is 50.6 Å². The average molecular weight is 398 g/mol. The Kier molecular flexibility index (Phi) is 4.88. The minimum atomic E-state index is -0.217. The summed E-state index contributed by atoms with van der Waals surface area (Å²) in [5.41, 5.74) is 4.56. The lowest BCUT2D eigenvalue weighted by Gasteiger charge is -2.09. The standard InChI is InChI=1S/C20H19N3O2S2/c1-11-10-26-20(21-11)27-14-8-6-13(7-9-14)22-19(25)18-12(2)17-15(23-18)4-3-5-16(17)24/h6-10,23H,3-5H2,1-2H3,(H,22,25). The van der Waals surface area contributed by atoms with E-state index in [9.17, 15) is 9.59 Å². The van der Waals surface area contributed by atoms with Crippen molar-refractivity contribution in [3.8, 4) is 0 Å². The minimum Gasteiger partial charge on any atom is -0.354 e. The third-order valence-corrected chi connectivity index (χ3v) is 6.64. The highest BCUT2D eigenvalue weighted by atomic mass is 32.2. The molecule has 0 atom stereocenters. The molecular formula is C20H19N3O2S2. The van der Waals surface area contributed by atoms with Gasteiger partial charge >= 0.3 is 0 Å². The number of nitrogens with zero attached hydrogens (tertiary/aromatic N) is 1. The van der Waals surface area contributed by atoms with E-state index < -0.39 is 0 Å². The van der Waals surface area contributed by atoms with Crippen molar-refractivity contribution in [2.45, 2.75) is 42.3 Å². The lowest BCUT2D eigenvalue weighted by Crippen LogP contribution is -2.13. The van der Waals surface area contributed by atoms with Crippen molar-refractivity contribution >= 4 is 40.5 Å². The molecule has 3 aromatic rings. The number of thiazole rings is 1. The third-order valence-electron chi connectivity index (χ3n) is 4.58. The first-order chi connectivity index (χ1) is 13.0. The van der Waals surface area contributed by atoms with Crippen molar-refractivity contribution in [1.29, 1.82) is 0 Å². The molecule has 0 spiro atoms. The van der Waals surface area contributed by atoms with E-state index in [0.29, 0.717) is 17.7 Å². The van der Waals surface area contributed by atoms with Crippen LogP contribution in [0.5, 0.6) is 0 Å². The van der Waals surface area contributed by atoms with Gasteiger partial charge in [0.05, 0.1) is 0 Å². The summed E-state index contributed by atoms with van der Waals surface area (Å²) in [6.45, 7) is 3.82. The number of nitrogens with one attached hydrogen (secondary N) is 2. The largest absolute Gasteiger partial charge is 0.354 e. The van der Waals surface area contributed by atoms with E-state index in [1.54, 1.807) is 23.1 Å². The highest BCUT2D eigenvalue weighted by Gasteiger charge is 2.26. The van der Waals surface area contributed by atoms with E-state index in [1.165, 1.54) is 0 Å². The maximum atomic E-state index is 12.7. The zero-order chi connectivity index (χ0) is 19.0. The number of rotatable bonds is 4.